The Morgan fingerprint density at radius 2 is 2.10 bits per heavy atom. The summed E-state index contributed by atoms with van der Waals surface area (Å²) >= 11 is 0. The number of carbonyl (C=O) groups is 1. The van der Waals surface area contributed by atoms with Crippen molar-refractivity contribution in [1.82, 2.24) is 5.32 Å². The molecule has 0 saturated carbocycles. The number of esters is 1. The number of likely N-dealkylation sites (N-methyl/N-ethyl adjacent to an activating group) is 1. The van der Waals surface area contributed by atoms with Gasteiger partial charge in [-0.25, -0.2) is 0 Å². The molecule has 1 atom stereocenters. The predicted octanol–water partition coefficient (Wildman–Crippen LogP) is 1.88. The Labute approximate surface area is 126 Å². The van der Waals surface area contributed by atoms with Gasteiger partial charge >= 0.3 is 5.97 Å². The average molecular weight is 295 g/mol. The second-order valence-electron chi connectivity index (χ2n) is 5.02. The van der Waals surface area contributed by atoms with E-state index in [2.05, 4.69) is 5.32 Å². The van der Waals surface area contributed by atoms with Crippen molar-refractivity contribution < 1.29 is 19.4 Å². The predicted molar refractivity (Wildman–Crippen MR) is 81.2 cm³/mol. The Balaban J connectivity index is 2.47. The van der Waals surface area contributed by atoms with Crippen LogP contribution in [0.2, 0.25) is 0 Å². The van der Waals surface area contributed by atoms with Crippen LogP contribution in [0, 0.1) is 0 Å². The molecule has 0 bridgehead atoms. The van der Waals surface area contributed by atoms with Crippen LogP contribution >= 0.6 is 0 Å². The molecule has 0 fully saturated rings. The molecule has 118 valence electrons. The largest absolute Gasteiger partial charge is 0.493 e. The standard InChI is InChI=1S/C16H25NO4/c1-4-20-15(19)16(2,17-3)10-7-11-21-14-9-6-5-8-13(14)12-18/h5-6,8-9,17-18H,4,7,10-12H2,1-3H3. The third-order valence-corrected chi connectivity index (χ3v) is 3.50. The Kier molecular flexibility index (Phi) is 7.19. The van der Waals surface area contributed by atoms with Crippen molar-refractivity contribution in [2.75, 3.05) is 20.3 Å². The molecule has 0 aliphatic rings. The molecule has 1 unspecified atom stereocenters. The summed E-state index contributed by atoms with van der Waals surface area (Å²) in [6, 6.07) is 7.38. The molecular weight excluding hydrogens is 270 g/mol. The zero-order chi connectivity index (χ0) is 15.7. The van der Waals surface area contributed by atoms with Gasteiger partial charge in [0.25, 0.3) is 0 Å². The monoisotopic (exact) mass is 295 g/mol. The molecule has 1 rings (SSSR count). The third kappa shape index (κ3) is 5.02. The van der Waals surface area contributed by atoms with Gasteiger partial charge in [0.1, 0.15) is 11.3 Å². The molecule has 0 spiro atoms. The number of aliphatic hydroxyl groups is 1. The summed E-state index contributed by atoms with van der Waals surface area (Å²) in [6.07, 6.45) is 1.32. The number of aliphatic hydroxyl groups excluding tert-OH is 1. The van der Waals surface area contributed by atoms with Crippen LogP contribution < -0.4 is 10.1 Å². The van der Waals surface area contributed by atoms with Crippen molar-refractivity contribution in [1.29, 1.82) is 0 Å². The fourth-order valence-electron chi connectivity index (χ4n) is 2.00. The highest BCUT2D eigenvalue weighted by atomic mass is 16.5. The van der Waals surface area contributed by atoms with Gasteiger partial charge in [-0.2, -0.15) is 0 Å². The molecule has 0 heterocycles. The number of benzene rings is 1. The zero-order valence-corrected chi connectivity index (χ0v) is 13.0. The number of hydrogen-bond donors (Lipinski definition) is 2. The quantitative estimate of drug-likeness (QED) is 0.538. The van der Waals surface area contributed by atoms with Gasteiger partial charge in [-0.05, 0) is 39.8 Å². The van der Waals surface area contributed by atoms with E-state index in [0.717, 1.165) is 5.56 Å². The maximum absolute atomic E-state index is 11.9. The van der Waals surface area contributed by atoms with Crippen molar-refractivity contribution in [3.05, 3.63) is 29.8 Å². The lowest BCUT2D eigenvalue weighted by Gasteiger charge is -2.26. The summed E-state index contributed by atoms with van der Waals surface area (Å²) in [6.45, 7) is 4.42. The van der Waals surface area contributed by atoms with Crippen LogP contribution in [0.25, 0.3) is 0 Å². The highest BCUT2D eigenvalue weighted by Gasteiger charge is 2.32. The van der Waals surface area contributed by atoms with Crippen LogP contribution in [0.15, 0.2) is 24.3 Å². The fourth-order valence-corrected chi connectivity index (χ4v) is 2.00. The number of carbonyl (C=O) groups excluding carboxylic acids is 1. The van der Waals surface area contributed by atoms with E-state index in [9.17, 15) is 9.90 Å². The van der Waals surface area contributed by atoms with E-state index < -0.39 is 5.54 Å². The highest BCUT2D eigenvalue weighted by molar-refractivity contribution is 5.80. The maximum Gasteiger partial charge on any atom is 0.326 e. The molecule has 2 N–H and O–H groups in total. The second kappa shape index (κ2) is 8.64. The van der Waals surface area contributed by atoms with Crippen molar-refractivity contribution in [3.8, 4) is 5.75 Å². The highest BCUT2D eigenvalue weighted by Crippen LogP contribution is 2.19. The smallest absolute Gasteiger partial charge is 0.326 e. The van der Waals surface area contributed by atoms with Crippen LogP contribution in [-0.2, 0) is 16.1 Å². The van der Waals surface area contributed by atoms with Gasteiger partial charge in [0.05, 0.1) is 19.8 Å². The fraction of sp³-hybridized carbons (Fsp3) is 0.562. The van der Waals surface area contributed by atoms with Crippen molar-refractivity contribution in [3.63, 3.8) is 0 Å². The number of ether oxygens (including phenoxy) is 2. The molecule has 0 aromatic heterocycles. The van der Waals surface area contributed by atoms with Crippen molar-refractivity contribution in [2.24, 2.45) is 0 Å². The second-order valence-corrected chi connectivity index (χ2v) is 5.02. The minimum atomic E-state index is -0.699. The lowest BCUT2D eigenvalue weighted by atomic mass is 9.96. The van der Waals surface area contributed by atoms with Gasteiger partial charge in [-0.3, -0.25) is 4.79 Å². The molecule has 0 aliphatic heterocycles. The average Bonchev–Trinajstić information content (AvgIpc) is 2.51. The van der Waals surface area contributed by atoms with E-state index in [1.165, 1.54) is 0 Å². The molecular formula is C16H25NO4. The first-order valence-electron chi connectivity index (χ1n) is 7.25. The number of rotatable bonds is 9. The van der Waals surface area contributed by atoms with Crippen molar-refractivity contribution >= 4 is 5.97 Å². The summed E-state index contributed by atoms with van der Waals surface area (Å²) in [7, 11) is 1.75. The van der Waals surface area contributed by atoms with Crippen LogP contribution in [0.1, 0.15) is 32.3 Å². The summed E-state index contributed by atoms with van der Waals surface area (Å²) in [5.41, 5.74) is 0.0647. The van der Waals surface area contributed by atoms with E-state index in [1.54, 1.807) is 14.0 Å². The van der Waals surface area contributed by atoms with Crippen LogP contribution in [-0.4, -0.2) is 36.9 Å². The van der Waals surface area contributed by atoms with E-state index in [-0.39, 0.29) is 12.6 Å². The molecule has 5 nitrogen and oxygen atoms in total. The Morgan fingerprint density at radius 3 is 2.71 bits per heavy atom. The summed E-state index contributed by atoms with van der Waals surface area (Å²) in [5, 5.41) is 12.2. The molecule has 0 radical (unpaired) electrons. The SMILES string of the molecule is CCOC(=O)C(C)(CCCOc1ccccc1CO)NC. The van der Waals surface area contributed by atoms with Gasteiger partial charge in [0.2, 0.25) is 0 Å². The van der Waals surface area contributed by atoms with Gasteiger partial charge in [-0.1, -0.05) is 18.2 Å². The Bertz CT molecular complexity index is 450. The maximum atomic E-state index is 11.9. The normalized spacial score (nSPS) is 13.5. The summed E-state index contributed by atoms with van der Waals surface area (Å²) in [4.78, 5) is 11.9. The molecule has 1 aromatic rings. The first-order valence-corrected chi connectivity index (χ1v) is 7.25. The topological polar surface area (TPSA) is 67.8 Å². The van der Waals surface area contributed by atoms with Gasteiger partial charge < -0.3 is 19.9 Å². The number of nitrogens with one attached hydrogen (secondary N) is 1. The minimum Gasteiger partial charge on any atom is -0.493 e. The molecule has 1 aromatic carbocycles. The first kappa shape index (κ1) is 17.5. The van der Waals surface area contributed by atoms with Gasteiger partial charge in [0, 0.05) is 5.56 Å². The third-order valence-electron chi connectivity index (χ3n) is 3.50. The van der Waals surface area contributed by atoms with E-state index >= 15 is 0 Å². The lowest BCUT2D eigenvalue weighted by Crippen LogP contribution is -2.48. The van der Waals surface area contributed by atoms with E-state index in [4.69, 9.17) is 9.47 Å². The van der Waals surface area contributed by atoms with Crippen LogP contribution in [0.4, 0.5) is 0 Å². The first-order chi connectivity index (χ1) is 10.1. The molecule has 0 saturated heterocycles. The van der Waals surface area contributed by atoms with Crippen LogP contribution in [0.5, 0.6) is 5.75 Å². The van der Waals surface area contributed by atoms with Gasteiger partial charge in [0.15, 0.2) is 0 Å². The molecule has 21 heavy (non-hydrogen) atoms. The van der Waals surface area contributed by atoms with Gasteiger partial charge in [-0.15, -0.1) is 0 Å². The van der Waals surface area contributed by atoms with E-state index in [0.29, 0.717) is 31.8 Å². The van der Waals surface area contributed by atoms with Crippen molar-refractivity contribution in [2.45, 2.75) is 38.8 Å². The zero-order valence-electron chi connectivity index (χ0n) is 13.0. The summed E-state index contributed by atoms with van der Waals surface area (Å²) < 4.78 is 10.7. The van der Waals surface area contributed by atoms with Crippen LogP contribution in [0.3, 0.4) is 0 Å². The number of para-hydroxylation sites is 1. The Hall–Kier alpha value is -1.59. The number of hydrogen-bond acceptors (Lipinski definition) is 5. The molecule has 0 amide bonds. The molecule has 5 heteroatoms. The molecule has 0 aliphatic carbocycles. The minimum absolute atomic E-state index is 0.0484. The Morgan fingerprint density at radius 1 is 1.38 bits per heavy atom. The lowest BCUT2D eigenvalue weighted by molar-refractivity contribution is -0.150. The summed E-state index contributed by atoms with van der Waals surface area (Å²) in [5.74, 6) is 0.436. The van der Waals surface area contributed by atoms with E-state index in [1.807, 2.05) is 31.2 Å².